The molecule has 0 bridgehead atoms. The summed E-state index contributed by atoms with van der Waals surface area (Å²) in [5, 5.41) is 0. The zero-order chi connectivity index (χ0) is 30.7. The molecule has 0 aromatic carbocycles. The second-order valence-corrected chi connectivity index (χ2v) is 13.0. The van der Waals surface area contributed by atoms with Crippen molar-refractivity contribution in [2.45, 2.75) is 109 Å². The Labute approximate surface area is 255 Å². The van der Waals surface area contributed by atoms with E-state index in [0.29, 0.717) is 48.4 Å². The lowest BCUT2D eigenvalue weighted by Crippen LogP contribution is -2.09. The topological polar surface area (TPSA) is 135 Å². The fourth-order valence-corrected chi connectivity index (χ4v) is 5.72. The van der Waals surface area contributed by atoms with Gasteiger partial charge in [-0.2, -0.15) is 18.2 Å². The molecular weight excluding hydrogens is 642 g/mol. The Morgan fingerprint density at radius 2 is 1.40 bits per heavy atom. The van der Waals surface area contributed by atoms with Gasteiger partial charge in [0.15, 0.2) is 5.65 Å². The van der Waals surface area contributed by atoms with E-state index in [1.54, 1.807) is 10.9 Å². The molecule has 0 aliphatic heterocycles. The molecule has 2 heterocycles. The van der Waals surface area contributed by atoms with Gasteiger partial charge in [-0.1, -0.05) is 70.6 Å². The zero-order valence-corrected chi connectivity index (χ0v) is 26.8. The number of nitrogens with two attached hydrogens (primary N) is 1. The third-order valence-electron chi connectivity index (χ3n) is 6.64. The van der Waals surface area contributed by atoms with Crippen LogP contribution in [0, 0.1) is 0 Å². The third-order valence-corrected chi connectivity index (χ3v) is 8.29. The summed E-state index contributed by atoms with van der Waals surface area (Å²) in [5.74, 6) is 0.114. The lowest BCUT2D eigenvalue weighted by Gasteiger charge is -2.13. The number of imidazole rings is 1. The average molecular weight is 689 g/mol. The van der Waals surface area contributed by atoms with Crippen molar-refractivity contribution in [2.24, 2.45) is 0 Å². The van der Waals surface area contributed by atoms with Gasteiger partial charge >= 0.3 is 13.8 Å². The Balaban J connectivity index is 1.33. The van der Waals surface area contributed by atoms with Crippen LogP contribution in [-0.4, -0.2) is 63.4 Å². The van der Waals surface area contributed by atoms with Crippen molar-refractivity contribution in [1.29, 1.82) is 0 Å². The number of nitrogen functional groups attached to an aromatic ring is 1. The van der Waals surface area contributed by atoms with Crippen LogP contribution in [0.1, 0.15) is 96.3 Å². The molecule has 10 nitrogen and oxygen atoms in total. The fourth-order valence-electron chi connectivity index (χ4n) is 4.41. The molecule has 0 aliphatic carbocycles. The molecular formula is C27H46BrF3N5O5P. The predicted molar refractivity (Wildman–Crippen MR) is 160 cm³/mol. The third kappa shape index (κ3) is 17.1. The molecule has 2 aromatic heterocycles. The molecule has 2 aromatic rings. The van der Waals surface area contributed by atoms with E-state index in [2.05, 4.69) is 30.9 Å². The van der Waals surface area contributed by atoms with Crippen molar-refractivity contribution in [3.63, 3.8) is 0 Å². The number of rotatable bonds is 25. The summed E-state index contributed by atoms with van der Waals surface area (Å²) in [7, 11) is -3.85. The van der Waals surface area contributed by atoms with Gasteiger partial charge in [-0.15, -0.1) is 0 Å². The quantitative estimate of drug-likeness (QED) is 0.0609. The number of alkyl halides is 3. The van der Waals surface area contributed by atoms with E-state index in [1.165, 1.54) is 38.5 Å². The van der Waals surface area contributed by atoms with Gasteiger partial charge in [0.1, 0.15) is 16.5 Å². The molecule has 242 valence electrons. The first kappa shape index (κ1) is 36.9. The molecule has 2 rings (SSSR count). The van der Waals surface area contributed by atoms with Crippen LogP contribution in [0.25, 0.3) is 11.2 Å². The number of anilines is 1. The number of fused-ring (bicyclic) bond motifs is 1. The van der Waals surface area contributed by atoms with E-state index in [1.807, 2.05) is 0 Å². The van der Waals surface area contributed by atoms with Gasteiger partial charge in [0.05, 0.1) is 19.5 Å². The lowest BCUT2D eigenvalue weighted by atomic mass is 10.0. The SMILES string of the molecule is Nc1nc(Br)c2ncn(CCOCP(=O)(O)OCCCOCCCCCCCCCCCCCCCC(F)(F)F)c2n1. The van der Waals surface area contributed by atoms with Crippen molar-refractivity contribution in [3.8, 4) is 0 Å². The molecule has 3 N–H and O–H groups in total. The first-order valence-corrected chi connectivity index (χ1v) is 17.5. The summed E-state index contributed by atoms with van der Waals surface area (Å²) in [5.41, 5.74) is 6.79. The summed E-state index contributed by atoms with van der Waals surface area (Å²) in [6.07, 6.45) is 10.3. The molecule has 1 unspecified atom stereocenters. The summed E-state index contributed by atoms with van der Waals surface area (Å²) < 4.78 is 66.7. The Morgan fingerprint density at radius 1 is 0.833 bits per heavy atom. The molecule has 0 amide bonds. The number of halogens is 4. The highest BCUT2D eigenvalue weighted by atomic mass is 79.9. The van der Waals surface area contributed by atoms with Crippen LogP contribution >= 0.6 is 23.5 Å². The van der Waals surface area contributed by atoms with Crippen molar-refractivity contribution >= 4 is 40.6 Å². The zero-order valence-electron chi connectivity index (χ0n) is 24.3. The van der Waals surface area contributed by atoms with Gasteiger partial charge in [0.25, 0.3) is 0 Å². The first-order chi connectivity index (χ1) is 20.1. The molecule has 42 heavy (non-hydrogen) atoms. The van der Waals surface area contributed by atoms with E-state index >= 15 is 0 Å². The van der Waals surface area contributed by atoms with Crippen molar-refractivity contribution < 1.29 is 36.6 Å². The highest BCUT2D eigenvalue weighted by Gasteiger charge is 2.25. The number of hydrogen-bond donors (Lipinski definition) is 2. The van der Waals surface area contributed by atoms with E-state index < -0.39 is 26.5 Å². The van der Waals surface area contributed by atoms with Crippen LogP contribution in [0.4, 0.5) is 19.1 Å². The fraction of sp³-hybridized carbons (Fsp3) is 0.815. The van der Waals surface area contributed by atoms with Crippen molar-refractivity contribution in [1.82, 2.24) is 19.5 Å². The van der Waals surface area contributed by atoms with Crippen LogP contribution < -0.4 is 5.73 Å². The average Bonchev–Trinajstić information content (AvgIpc) is 3.32. The van der Waals surface area contributed by atoms with Crippen LogP contribution in [-0.2, 0) is 25.1 Å². The molecule has 0 radical (unpaired) electrons. The summed E-state index contributed by atoms with van der Waals surface area (Å²) in [6, 6.07) is 0. The number of unbranched alkanes of at least 4 members (excludes halogenated alkanes) is 12. The summed E-state index contributed by atoms with van der Waals surface area (Å²) in [6.45, 7) is 1.79. The molecule has 1 atom stereocenters. The number of aromatic nitrogens is 4. The number of hydrogen-bond acceptors (Lipinski definition) is 8. The van der Waals surface area contributed by atoms with Gasteiger partial charge in [-0.3, -0.25) is 4.57 Å². The minimum atomic E-state index is -4.01. The van der Waals surface area contributed by atoms with Gasteiger partial charge in [-0.05, 0) is 35.2 Å². The molecule has 0 aliphatic rings. The molecule has 15 heteroatoms. The second kappa shape index (κ2) is 20.6. The number of ether oxygens (including phenoxy) is 2. The van der Waals surface area contributed by atoms with Crippen LogP contribution in [0.15, 0.2) is 10.9 Å². The maximum Gasteiger partial charge on any atom is 0.389 e. The van der Waals surface area contributed by atoms with Crippen LogP contribution in [0.2, 0.25) is 0 Å². The van der Waals surface area contributed by atoms with E-state index in [0.717, 1.165) is 32.1 Å². The van der Waals surface area contributed by atoms with Gasteiger partial charge < -0.3 is 29.2 Å². The highest BCUT2D eigenvalue weighted by molar-refractivity contribution is 9.10. The maximum atomic E-state index is 12.2. The van der Waals surface area contributed by atoms with Gasteiger partial charge in [-0.25, -0.2) is 9.97 Å². The minimum Gasteiger partial charge on any atom is -0.381 e. The number of nitrogens with zero attached hydrogens (tertiary/aromatic N) is 4. The molecule has 0 spiro atoms. The second-order valence-electron chi connectivity index (χ2n) is 10.4. The van der Waals surface area contributed by atoms with Gasteiger partial charge in [0, 0.05) is 26.2 Å². The van der Waals surface area contributed by atoms with Crippen LogP contribution in [0.5, 0.6) is 0 Å². The molecule has 0 saturated heterocycles. The summed E-state index contributed by atoms with van der Waals surface area (Å²) in [4.78, 5) is 22.3. The van der Waals surface area contributed by atoms with Gasteiger partial charge in [0.2, 0.25) is 5.95 Å². The predicted octanol–water partition coefficient (Wildman–Crippen LogP) is 7.78. The first-order valence-electron chi connectivity index (χ1n) is 14.9. The maximum absolute atomic E-state index is 12.2. The van der Waals surface area contributed by atoms with Crippen molar-refractivity contribution in [2.75, 3.05) is 38.5 Å². The standard InChI is InChI=1S/C27H46BrF3N5O5P/c28-24-23-25(35-26(32)34-24)36(21-33-23)16-20-40-22-42(37,38)41-19-14-18-39-17-13-11-9-7-5-3-1-2-4-6-8-10-12-15-27(29,30)31/h21H,1-20,22H2,(H,37,38)(H2,32,34,35). The smallest absolute Gasteiger partial charge is 0.381 e. The highest BCUT2D eigenvalue weighted by Crippen LogP contribution is 2.41. The van der Waals surface area contributed by atoms with E-state index in [9.17, 15) is 22.6 Å². The summed E-state index contributed by atoms with van der Waals surface area (Å²) >= 11 is 3.29. The molecule has 0 fully saturated rings. The monoisotopic (exact) mass is 687 g/mol. The Morgan fingerprint density at radius 3 is 2.02 bits per heavy atom. The lowest BCUT2D eigenvalue weighted by molar-refractivity contribution is -0.135. The Bertz CT molecular complexity index is 1060. The Kier molecular flexibility index (Phi) is 18.1. The van der Waals surface area contributed by atoms with Crippen molar-refractivity contribution in [3.05, 3.63) is 10.9 Å². The van der Waals surface area contributed by atoms with Crippen LogP contribution in [0.3, 0.4) is 0 Å². The largest absolute Gasteiger partial charge is 0.389 e. The van der Waals surface area contributed by atoms with E-state index in [-0.39, 0.29) is 25.6 Å². The minimum absolute atomic E-state index is 0.114. The molecule has 0 saturated carbocycles. The normalized spacial score (nSPS) is 13.6. The van der Waals surface area contributed by atoms with E-state index in [4.69, 9.17) is 19.7 Å². The Hall–Kier alpha value is -1.31.